The van der Waals surface area contributed by atoms with E-state index in [0.29, 0.717) is 23.0 Å². The molecular formula is C12H19N3O3S2. The minimum Gasteiger partial charge on any atom is -0.397 e. The summed E-state index contributed by atoms with van der Waals surface area (Å²) in [7, 11) is -3.01. The van der Waals surface area contributed by atoms with Crippen LogP contribution in [0, 0.1) is 0 Å². The minimum atomic E-state index is -3.01. The van der Waals surface area contributed by atoms with Gasteiger partial charge >= 0.3 is 0 Å². The first-order valence-electron chi connectivity index (χ1n) is 6.52. The number of primary amides is 1. The molecule has 1 aromatic heterocycles. The fourth-order valence-corrected chi connectivity index (χ4v) is 3.80. The van der Waals surface area contributed by atoms with Crippen molar-refractivity contribution in [3.63, 3.8) is 0 Å². The van der Waals surface area contributed by atoms with Crippen molar-refractivity contribution in [1.29, 1.82) is 0 Å². The first-order valence-corrected chi connectivity index (χ1v) is 9.15. The average molecular weight is 317 g/mol. The summed E-state index contributed by atoms with van der Waals surface area (Å²) in [4.78, 5) is 11.7. The van der Waals surface area contributed by atoms with Gasteiger partial charge in [0.15, 0.2) is 9.84 Å². The standard InChI is InChI=1S/C12H19N3O3S2/c1-2-20(17,18)6-5-15-12-8(7-3-4-7)9(13)10(19-12)11(14)16/h7,15H,2-6,13H2,1H3,(H2,14,16). The van der Waals surface area contributed by atoms with Gasteiger partial charge < -0.3 is 16.8 Å². The monoisotopic (exact) mass is 317 g/mol. The number of nitrogens with one attached hydrogen (secondary N) is 1. The molecule has 0 saturated heterocycles. The highest BCUT2D eigenvalue weighted by atomic mass is 32.2. The molecule has 0 aromatic carbocycles. The Morgan fingerprint density at radius 3 is 2.60 bits per heavy atom. The van der Waals surface area contributed by atoms with Gasteiger partial charge in [0.1, 0.15) is 4.88 Å². The molecule has 0 radical (unpaired) electrons. The largest absolute Gasteiger partial charge is 0.397 e. The predicted octanol–water partition coefficient (Wildman–Crippen LogP) is 1.15. The number of rotatable bonds is 7. The van der Waals surface area contributed by atoms with Crippen LogP contribution in [0.25, 0.3) is 0 Å². The van der Waals surface area contributed by atoms with E-state index in [-0.39, 0.29) is 11.5 Å². The number of carbonyl (C=O) groups is 1. The zero-order chi connectivity index (χ0) is 14.9. The van der Waals surface area contributed by atoms with Gasteiger partial charge in [-0.3, -0.25) is 4.79 Å². The molecule has 1 saturated carbocycles. The molecule has 1 aliphatic rings. The fraction of sp³-hybridized carbons (Fsp3) is 0.583. The summed E-state index contributed by atoms with van der Waals surface area (Å²) in [5.74, 6) is 0.0221. The van der Waals surface area contributed by atoms with E-state index in [1.54, 1.807) is 6.92 Å². The van der Waals surface area contributed by atoms with E-state index in [0.717, 1.165) is 23.4 Å². The van der Waals surface area contributed by atoms with Crippen molar-refractivity contribution in [2.45, 2.75) is 25.7 Å². The van der Waals surface area contributed by atoms with Gasteiger partial charge in [-0.05, 0) is 18.8 Å². The first kappa shape index (κ1) is 15.1. The van der Waals surface area contributed by atoms with Crippen LogP contribution < -0.4 is 16.8 Å². The number of hydrogen-bond donors (Lipinski definition) is 3. The Morgan fingerprint density at radius 1 is 1.45 bits per heavy atom. The Labute approximate surface area is 122 Å². The zero-order valence-corrected chi connectivity index (χ0v) is 12.9. The second-order valence-corrected chi connectivity index (χ2v) is 8.38. The summed E-state index contributed by atoms with van der Waals surface area (Å²) >= 11 is 1.22. The lowest BCUT2D eigenvalue weighted by Gasteiger charge is -2.07. The molecule has 8 heteroatoms. The molecule has 0 spiro atoms. The van der Waals surface area contributed by atoms with Gasteiger partial charge in [0, 0.05) is 17.9 Å². The van der Waals surface area contributed by atoms with Crippen LogP contribution in [0.1, 0.15) is 40.9 Å². The third-order valence-electron chi connectivity index (χ3n) is 3.33. The average Bonchev–Trinajstić information content (AvgIpc) is 3.14. The fourth-order valence-electron chi connectivity index (χ4n) is 2.01. The van der Waals surface area contributed by atoms with Crippen molar-refractivity contribution < 1.29 is 13.2 Å². The van der Waals surface area contributed by atoms with Gasteiger partial charge in [-0.15, -0.1) is 11.3 Å². The molecule has 20 heavy (non-hydrogen) atoms. The summed E-state index contributed by atoms with van der Waals surface area (Å²) in [5, 5.41) is 3.88. The maximum atomic E-state index is 11.5. The van der Waals surface area contributed by atoms with E-state index in [4.69, 9.17) is 11.5 Å². The summed E-state index contributed by atoms with van der Waals surface area (Å²) in [6, 6.07) is 0. The quantitative estimate of drug-likeness (QED) is 0.698. The number of amides is 1. The van der Waals surface area contributed by atoms with Gasteiger partial charge in [-0.1, -0.05) is 6.92 Å². The van der Waals surface area contributed by atoms with Gasteiger partial charge in [0.2, 0.25) is 0 Å². The van der Waals surface area contributed by atoms with Crippen LogP contribution in [0.3, 0.4) is 0 Å². The molecule has 1 aliphatic carbocycles. The molecule has 1 heterocycles. The summed E-state index contributed by atoms with van der Waals surface area (Å²) in [6.45, 7) is 1.94. The molecular weight excluding hydrogens is 298 g/mol. The molecule has 0 aliphatic heterocycles. The number of nitrogen functional groups attached to an aromatic ring is 1. The highest BCUT2D eigenvalue weighted by Crippen LogP contribution is 2.50. The summed E-state index contributed by atoms with van der Waals surface area (Å²) < 4.78 is 22.9. The number of carbonyl (C=O) groups excluding carboxylic acids is 1. The van der Waals surface area contributed by atoms with Crippen LogP contribution in [-0.2, 0) is 9.84 Å². The van der Waals surface area contributed by atoms with Crippen LogP contribution >= 0.6 is 11.3 Å². The second-order valence-electron chi connectivity index (χ2n) is 4.89. The van der Waals surface area contributed by atoms with E-state index in [1.807, 2.05) is 0 Å². The van der Waals surface area contributed by atoms with Crippen LogP contribution in [-0.4, -0.2) is 32.4 Å². The van der Waals surface area contributed by atoms with Crippen molar-refractivity contribution in [3.8, 4) is 0 Å². The molecule has 112 valence electrons. The van der Waals surface area contributed by atoms with Gasteiger partial charge in [0.05, 0.1) is 16.4 Å². The smallest absolute Gasteiger partial charge is 0.260 e. The Hall–Kier alpha value is -1.28. The van der Waals surface area contributed by atoms with Gasteiger partial charge in [-0.25, -0.2) is 8.42 Å². The summed E-state index contributed by atoms with van der Waals surface area (Å²) in [5.41, 5.74) is 12.7. The third kappa shape index (κ3) is 3.24. The maximum absolute atomic E-state index is 11.5. The number of thiophene rings is 1. The first-order chi connectivity index (χ1) is 9.35. The molecule has 1 fully saturated rings. The molecule has 6 nitrogen and oxygen atoms in total. The number of sulfone groups is 1. The maximum Gasteiger partial charge on any atom is 0.260 e. The highest BCUT2D eigenvalue weighted by molar-refractivity contribution is 7.91. The van der Waals surface area contributed by atoms with E-state index >= 15 is 0 Å². The van der Waals surface area contributed by atoms with Crippen molar-refractivity contribution in [2.75, 3.05) is 29.1 Å². The lowest BCUT2D eigenvalue weighted by Crippen LogP contribution is -2.17. The van der Waals surface area contributed by atoms with E-state index in [1.165, 1.54) is 11.3 Å². The summed E-state index contributed by atoms with van der Waals surface area (Å²) in [6.07, 6.45) is 2.09. The number of hydrogen-bond acceptors (Lipinski definition) is 6. The normalized spacial score (nSPS) is 15.2. The van der Waals surface area contributed by atoms with E-state index < -0.39 is 15.7 Å². The van der Waals surface area contributed by atoms with Crippen LogP contribution in [0.4, 0.5) is 10.7 Å². The van der Waals surface area contributed by atoms with Gasteiger partial charge in [-0.2, -0.15) is 0 Å². The van der Waals surface area contributed by atoms with Crippen molar-refractivity contribution in [1.82, 2.24) is 0 Å². The molecule has 1 amide bonds. The molecule has 0 unspecified atom stereocenters. The van der Waals surface area contributed by atoms with Gasteiger partial charge in [0.25, 0.3) is 5.91 Å². The lowest BCUT2D eigenvalue weighted by atomic mass is 10.1. The van der Waals surface area contributed by atoms with Crippen LogP contribution in [0.5, 0.6) is 0 Å². The highest BCUT2D eigenvalue weighted by Gasteiger charge is 2.32. The van der Waals surface area contributed by atoms with E-state index in [2.05, 4.69) is 5.32 Å². The predicted molar refractivity (Wildman–Crippen MR) is 82.0 cm³/mol. The van der Waals surface area contributed by atoms with Crippen LogP contribution in [0.15, 0.2) is 0 Å². The molecule has 0 atom stereocenters. The second kappa shape index (κ2) is 5.61. The van der Waals surface area contributed by atoms with Crippen molar-refractivity contribution in [3.05, 3.63) is 10.4 Å². The Kier molecular flexibility index (Phi) is 4.24. The zero-order valence-electron chi connectivity index (χ0n) is 11.3. The Balaban J connectivity index is 2.15. The molecule has 0 bridgehead atoms. The minimum absolute atomic E-state index is 0.0668. The molecule has 1 aromatic rings. The Morgan fingerprint density at radius 2 is 2.10 bits per heavy atom. The van der Waals surface area contributed by atoms with Crippen LogP contribution in [0.2, 0.25) is 0 Å². The topological polar surface area (TPSA) is 115 Å². The van der Waals surface area contributed by atoms with Crippen molar-refractivity contribution >= 4 is 37.8 Å². The third-order valence-corrected chi connectivity index (χ3v) is 6.23. The molecule has 5 N–H and O–H groups in total. The van der Waals surface area contributed by atoms with E-state index in [9.17, 15) is 13.2 Å². The number of anilines is 2. The lowest BCUT2D eigenvalue weighted by molar-refractivity contribution is 0.100. The van der Waals surface area contributed by atoms with Crippen molar-refractivity contribution in [2.24, 2.45) is 5.73 Å². The molecule has 2 rings (SSSR count). The SMILES string of the molecule is CCS(=O)(=O)CCNc1sc(C(N)=O)c(N)c1C1CC1. The Bertz CT molecular complexity index is 618. The number of nitrogens with two attached hydrogens (primary N) is 2.